The Hall–Kier alpha value is -1.24. The standard InChI is InChI=1S/C18H28N2O3S/c1-13(2)11-20-8-9-23-15(12-20)10-19-18(22)7-5-16(21)17-6-4-14(3)24-17/h4,6,13,15H,5,7-12H2,1-3H3,(H,19,22). The summed E-state index contributed by atoms with van der Waals surface area (Å²) in [5, 5.41) is 2.90. The Bertz CT molecular complexity index is 556. The van der Waals surface area contributed by atoms with Gasteiger partial charge >= 0.3 is 0 Å². The fraction of sp³-hybridized carbons (Fsp3) is 0.667. The van der Waals surface area contributed by atoms with Gasteiger partial charge in [-0.15, -0.1) is 11.3 Å². The molecule has 0 bridgehead atoms. The predicted molar refractivity (Wildman–Crippen MR) is 96.6 cm³/mol. The highest BCUT2D eigenvalue weighted by atomic mass is 32.1. The second-order valence-electron chi connectivity index (χ2n) is 6.78. The first-order valence-corrected chi connectivity index (χ1v) is 9.46. The summed E-state index contributed by atoms with van der Waals surface area (Å²) in [5.41, 5.74) is 0. The van der Waals surface area contributed by atoms with E-state index in [-0.39, 0.29) is 30.6 Å². The van der Waals surface area contributed by atoms with E-state index in [4.69, 9.17) is 4.74 Å². The zero-order chi connectivity index (χ0) is 17.5. The van der Waals surface area contributed by atoms with Crippen LogP contribution in [0.3, 0.4) is 0 Å². The number of aryl methyl sites for hydroxylation is 1. The highest BCUT2D eigenvalue weighted by Gasteiger charge is 2.21. The summed E-state index contributed by atoms with van der Waals surface area (Å²) in [6.45, 7) is 10.5. The fourth-order valence-corrected chi connectivity index (χ4v) is 3.67. The molecule has 5 nitrogen and oxygen atoms in total. The third-order valence-corrected chi connectivity index (χ3v) is 5.01. The van der Waals surface area contributed by atoms with E-state index < -0.39 is 0 Å². The van der Waals surface area contributed by atoms with Crippen molar-refractivity contribution in [1.29, 1.82) is 0 Å². The first kappa shape index (κ1) is 19.1. The number of amides is 1. The summed E-state index contributed by atoms with van der Waals surface area (Å²) in [7, 11) is 0. The van der Waals surface area contributed by atoms with Crippen LogP contribution in [0.2, 0.25) is 0 Å². The lowest BCUT2D eigenvalue weighted by Gasteiger charge is -2.33. The minimum absolute atomic E-state index is 0.0390. The molecule has 1 aliphatic heterocycles. The number of ketones is 1. The van der Waals surface area contributed by atoms with Crippen LogP contribution in [0.15, 0.2) is 12.1 Å². The first-order valence-electron chi connectivity index (χ1n) is 8.64. The van der Waals surface area contributed by atoms with Crippen molar-refractivity contribution in [3.63, 3.8) is 0 Å². The molecule has 1 aliphatic rings. The van der Waals surface area contributed by atoms with Crippen LogP contribution in [0.4, 0.5) is 0 Å². The van der Waals surface area contributed by atoms with Crippen LogP contribution < -0.4 is 5.32 Å². The first-order chi connectivity index (χ1) is 11.4. The molecule has 1 aromatic rings. The number of morpholine rings is 1. The SMILES string of the molecule is Cc1ccc(C(=O)CCC(=O)NCC2CN(CC(C)C)CCO2)s1. The molecule has 1 atom stereocenters. The lowest BCUT2D eigenvalue weighted by atomic mass is 10.1. The van der Waals surface area contributed by atoms with Gasteiger partial charge in [0.2, 0.25) is 5.91 Å². The zero-order valence-electron chi connectivity index (χ0n) is 14.8. The van der Waals surface area contributed by atoms with Crippen molar-refractivity contribution in [3.05, 3.63) is 21.9 Å². The Morgan fingerprint density at radius 2 is 2.17 bits per heavy atom. The van der Waals surface area contributed by atoms with Gasteiger partial charge in [-0.05, 0) is 25.0 Å². The molecule has 0 aromatic carbocycles. The summed E-state index contributed by atoms with van der Waals surface area (Å²) in [4.78, 5) is 28.2. The molecule has 1 saturated heterocycles. The maximum absolute atomic E-state index is 12.0. The summed E-state index contributed by atoms with van der Waals surface area (Å²) in [5.74, 6) is 0.590. The lowest BCUT2D eigenvalue weighted by molar-refractivity contribution is -0.122. The molecule has 0 radical (unpaired) electrons. The summed E-state index contributed by atoms with van der Waals surface area (Å²) in [6, 6.07) is 3.76. The van der Waals surface area contributed by atoms with Gasteiger partial charge in [0.25, 0.3) is 0 Å². The number of carbonyl (C=O) groups is 2. The Labute approximate surface area is 148 Å². The van der Waals surface area contributed by atoms with Gasteiger partial charge in [0.05, 0.1) is 17.6 Å². The van der Waals surface area contributed by atoms with Crippen molar-refractivity contribution in [2.45, 2.75) is 39.7 Å². The zero-order valence-corrected chi connectivity index (χ0v) is 15.7. The van der Waals surface area contributed by atoms with Gasteiger partial charge in [-0.25, -0.2) is 0 Å². The minimum atomic E-state index is -0.0822. The number of nitrogens with one attached hydrogen (secondary N) is 1. The summed E-state index contributed by atoms with van der Waals surface area (Å²) in [6.07, 6.45) is 0.534. The number of Topliss-reactive ketones (excluding diaryl/α,β-unsaturated/α-hetero) is 1. The van der Waals surface area contributed by atoms with E-state index >= 15 is 0 Å². The number of rotatable bonds is 8. The second-order valence-corrected chi connectivity index (χ2v) is 8.07. The molecule has 1 aromatic heterocycles. The molecule has 0 saturated carbocycles. The molecule has 2 rings (SSSR count). The average Bonchev–Trinajstić information content (AvgIpc) is 2.97. The molecule has 2 heterocycles. The molecule has 6 heteroatoms. The third kappa shape index (κ3) is 6.34. The van der Waals surface area contributed by atoms with E-state index in [1.165, 1.54) is 11.3 Å². The predicted octanol–water partition coefficient (Wildman–Crippen LogP) is 2.49. The van der Waals surface area contributed by atoms with Crippen LogP contribution in [0.25, 0.3) is 0 Å². The number of carbonyl (C=O) groups excluding carboxylic acids is 2. The van der Waals surface area contributed by atoms with Crippen molar-refractivity contribution in [2.75, 3.05) is 32.8 Å². The van der Waals surface area contributed by atoms with E-state index in [0.29, 0.717) is 19.1 Å². The number of nitrogens with zero attached hydrogens (tertiary/aromatic N) is 1. The lowest BCUT2D eigenvalue weighted by Crippen LogP contribution is -2.48. The highest BCUT2D eigenvalue weighted by Crippen LogP contribution is 2.17. The van der Waals surface area contributed by atoms with E-state index in [9.17, 15) is 9.59 Å². The van der Waals surface area contributed by atoms with Crippen molar-refractivity contribution in [1.82, 2.24) is 10.2 Å². The van der Waals surface area contributed by atoms with Crippen LogP contribution in [0.5, 0.6) is 0 Å². The molecule has 134 valence electrons. The normalized spacial score (nSPS) is 18.8. The molecule has 0 aliphatic carbocycles. The topological polar surface area (TPSA) is 58.6 Å². The van der Waals surface area contributed by atoms with Crippen molar-refractivity contribution in [2.24, 2.45) is 5.92 Å². The van der Waals surface area contributed by atoms with Crippen molar-refractivity contribution >= 4 is 23.0 Å². The van der Waals surface area contributed by atoms with Gasteiger partial charge in [-0.2, -0.15) is 0 Å². The van der Waals surface area contributed by atoms with Gasteiger partial charge < -0.3 is 10.1 Å². The van der Waals surface area contributed by atoms with Crippen LogP contribution in [-0.2, 0) is 9.53 Å². The molecular weight excluding hydrogens is 324 g/mol. The highest BCUT2D eigenvalue weighted by molar-refractivity contribution is 7.14. The third-order valence-electron chi connectivity index (χ3n) is 3.97. The van der Waals surface area contributed by atoms with Crippen LogP contribution in [0.1, 0.15) is 41.2 Å². The molecule has 1 unspecified atom stereocenters. The maximum Gasteiger partial charge on any atom is 0.220 e. The van der Waals surface area contributed by atoms with E-state index in [2.05, 4.69) is 24.1 Å². The number of ether oxygens (including phenoxy) is 1. The van der Waals surface area contributed by atoms with E-state index in [0.717, 1.165) is 29.4 Å². The van der Waals surface area contributed by atoms with Crippen LogP contribution >= 0.6 is 11.3 Å². The van der Waals surface area contributed by atoms with Gasteiger partial charge in [0, 0.05) is 43.9 Å². The number of hydrogen-bond donors (Lipinski definition) is 1. The Morgan fingerprint density at radius 1 is 1.38 bits per heavy atom. The molecule has 1 amide bonds. The Balaban J connectivity index is 1.66. The average molecular weight is 353 g/mol. The summed E-state index contributed by atoms with van der Waals surface area (Å²) < 4.78 is 5.72. The van der Waals surface area contributed by atoms with Gasteiger partial charge in [0.1, 0.15) is 0 Å². The maximum atomic E-state index is 12.0. The Morgan fingerprint density at radius 3 is 2.83 bits per heavy atom. The van der Waals surface area contributed by atoms with Gasteiger partial charge in [0.15, 0.2) is 5.78 Å². The molecule has 24 heavy (non-hydrogen) atoms. The fourth-order valence-electron chi connectivity index (χ4n) is 2.84. The molecule has 0 spiro atoms. The minimum Gasteiger partial charge on any atom is -0.374 e. The number of thiophene rings is 1. The van der Waals surface area contributed by atoms with Gasteiger partial charge in [-0.3, -0.25) is 14.5 Å². The monoisotopic (exact) mass is 352 g/mol. The molecule has 1 N–H and O–H groups in total. The second kappa shape index (κ2) is 9.30. The van der Waals surface area contributed by atoms with E-state index in [1.807, 2.05) is 19.1 Å². The molecule has 1 fully saturated rings. The van der Waals surface area contributed by atoms with Crippen LogP contribution in [0, 0.1) is 12.8 Å². The summed E-state index contributed by atoms with van der Waals surface area (Å²) >= 11 is 1.48. The largest absolute Gasteiger partial charge is 0.374 e. The molecular formula is C18H28N2O3S. The van der Waals surface area contributed by atoms with Gasteiger partial charge in [-0.1, -0.05) is 13.8 Å². The quantitative estimate of drug-likeness (QED) is 0.730. The number of hydrogen-bond acceptors (Lipinski definition) is 5. The van der Waals surface area contributed by atoms with Crippen molar-refractivity contribution < 1.29 is 14.3 Å². The Kier molecular flexibility index (Phi) is 7.40. The van der Waals surface area contributed by atoms with E-state index in [1.54, 1.807) is 0 Å². The van der Waals surface area contributed by atoms with Crippen molar-refractivity contribution in [3.8, 4) is 0 Å². The van der Waals surface area contributed by atoms with Crippen LogP contribution in [-0.4, -0.2) is 55.5 Å². The smallest absolute Gasteiger partial charge is 0.220 e.